The molecule has 0 aromatic heterocycles. The van der Waals surface area contributed by atoms with Gasteiger partial charge in [0.05, 0.1) is 30.2 Å². The normalized spacial score (nSPS) is 12.2. The van der Waals surface area contributed by atoms with Gasteiger partial charge in [0.1, 0.15) is 11.7 Å². The highest BCUT2D eigenvalue weighted by atomic mass is 35.5. The van der Waals surface area contributed by atoms with E-state index in [0.717, 1.165) is 6.07 Å². The van der Waals surface area contributed by atoms with Crippen molar-refractivity contribution >= 4 is 29.3 Å². The number of amides is 2. The van der Waals surface area contributed by atoms with Crippen molar-refractivity contribution in [3.63, 3.8) is 0 Å². The fourth-order valence-corrected chi connectivity index (χ4v) is 2.52. The number of hydrogen-bond donors (Lipinski definition) is 3. The summed E-state index contributed by atoms with van der Waals surface area (Å²) in [7, 11) is 4.70. The number of ether oxygens (including phenoxy) is 1. The van der Waals surface area contributed by atoms with Crippen molar-refractivity contribution in [2.24, 2.45) is 0 Å². The molecule has 0 aliphatic heterocycles. The Balaban J connectivity index is 3.32. The molecule has 0 bridgehead atoms. The SMILES string of the molecule is C=C/C(NC(=O)c1ccc(C(=N)N(C)C)cc1F)=C(\C=C\OC)C(=O)N/C(C=C)=C/C=C/Cl. The molecular weight excluding hydrogens is 447 g/mol. The van der Waals surface area contributed by atoms with Crippen LogP contribution in [0.4, 0.5) is 4.39 Å². The molecule has 0 atom stereocenters. The first-order chi connectivity index (χ1) is 15.7. The number of hydrogen-bond acceptors (Lipinski definition) is 4. The molecule has 0 fully saturated rings. The zero-order chi connectivity index (χ0) is 25.0. The van der Waals surface area contributed by atoms with Crippen LogP contribution >= 0.6 is 11.6 Å². The van der Waals surface area contributed by atoms with E-state index in [1.165, 1.54) is 66.3 Å². The van der Waals surface area contributed by atoms with E-state index in [1.54, 1.807) is 14.1 Å². The van der Waals surface area contributed by atoms with Crippen LogP contribution in [-0.4, -0.2) is 43.8 Å². The standard InChI is InChI=1S/C24H26ClFN4O3/c1-6-17(9-8-13-25)28-24(32)19(12-14-33-5)21(7-2)29-23(31)18-11-10-16(15-20(18)26)22(27)30(3)4/h6-15,27H,1-2H2,3-5H3,(H,28,32)(H,29,31)/b13-8+,14-12+,17-9+,21-19-,27-22?. The smallest absolute Gasteiger partial charge is 0.258 e. The minimum atomic E-state index is -0.816. The zero-order valence-electron chi connectivity index (χ0n) is 18.6. The summed E-state index contributed by atoms with van der Waals surface area (Å²) in [6, 6.07) is 3.82. The molecule has 1 aromatic carbocycles. The lowest BCUT2D eigenvalue weighted by molar-refractivity contribution is -0.116. The van der Waals surface area contributed by atoms with Gasteiger partial charge in [-0.1, -0.05) is 30.8 Å². The number of methoxy groups -OCH3 is 1. The van der Waals surface area contributed by atoms with Gasteiger partial charge in [0.2, 0.25) is 0 Å². The van der Waals surface area contributed by atoms with E-state index in [-0.39, 0.29) is 22.7 Å². The lowest BCUT2D eigenvalue weighted by atomic mass is 10.1. The van der Waals surface area contributed by atoms with Crippen molar-refractivity contribution in [2.75, 3.05) is 21.2 Å². The summed E-state index contributed by atoms with van der Waals surface area (Å²) in [4.78, 5) is 27.1. The van der Waals surface area contributed by atoms with Crippen LogP contribution in [0.25, 0.3) is 0 Å². The minimum Gasteiger partial charge on any atom is -0.504 e. The Morgan fingerprint density at radius 2 is 1.91 bits per heavy atom. The van der Waals surface area contributed by atoms with Crippen LogP contribution in [0.3, 0.4) is 0 Å². The molecule has 7 nitrogen and oxygen atoms in total. The Hall–Kier alpha value is -3.91. The van der Waals surface area contributed by atoms with Gasteiger partial charge in [0.15, 0.2) is 0 Å². The van der Waals surface area contributed by atoms with Crippen LogP contribution in [-0.2, 0) is 9.53 Å². The first-order valence-electron chi connectivity index (χ1n) is 9.54. The van der Waals surface area contributed by atoms with Gasteiger partial charge in [0.25, 0.3) is 11.8 Å². The summed E-state index contributed by atoms with van der Waals surface area (Å²) >= 11 is 5.50. The maximum absolute atomic E-state index is 14.6. The summed E-state index contributed by atoms with van der Waals surface area (Å²) in [6.07, 6.45) is 8.22. The maximum Gasteiger partial charge on any atom is 0.258 e. The summed E-state index contributed by atoms with van der Waals surface area (Å²) in [5.41, 5.74) is 1.66. The maximum atomic E-state index is 14.6. The fourth-order valence-electron chi connectivity index (χ4n) is 2.45. The van der Waals surface area contributed by atoms with Crippen molar-refractivity contribution < 1.29 is 18.7 Å². The molecule has 1 rings (SSSR count). The monoisotopic (exact) mass is 472 g/mol. The average Bonchev–Trinajstić information content (AvgIpc) is 2.80. The Bertz CT molecular complexity index is 1060. The number of rotatable bonds is 10. The number of amidine groups is 1. The van der Waals surface area contributed by atoms with Crippen molar-refractivity contribution in [2.45, 2.75) is 0 Å². The highest BCUT2D eigenvalue weighted by molar-refractivity contribution is 6.25. The second-order valence-electron chi connectivity index (χ2n) is 6.56. The van der Waals surface area contributed by atoms with Crippen molar-refractivity contribution in [1.29, 1.82) is 5.41 Å². The van der Waals surface area contributed by atoms with E-state index in [2.05, 4.69) is 23.8 Å². The molecule has 0 heterocycles. The van der Waals surface area contributed by atoms with Crippen molar-refractivity contribution in [3.8, 4) is 0 Å². The van der Waals surface area contributed by atoms with Crippen molar-refractivity contribution in [1.82, 2.24) is 15.5 Å². The van der Waals surface area contributed by atoms with E-state index in [4.69, 9.17) is 21.7 Å². The number of carbonyl (C=O) groups excluding carboxylic acids is 2. The van der Waals surface area contributed by atoms with Gasteiger partial charge < -0.3 is 20.3 Å². The minimum absolute atomic E-state index is 0.00535. The number of carbonyl (C=O) groups is 2. The first-order valence-corrected chi connectivity index (χ1v) is 9.97. The molecule has 0 saturated heterocycles. The van der Waals surface area contributed by atoms with E-state index >= 15 is 0 Å². The molecule has 3 N–H and O–H groups in total. The molecule has 0 aliphatic rings. The molecule has 0 aliphatic carbocycles. The van der Waals surface area contributed by atoms with Crippen LogP contribution in [0.1, 0.15) is 15.9 Å². The van der Waals surface area contributed by atoms with Gasteiger partial charge in [-0.3, -0.25) is 15.0 Å². The van der Waals surface area contributed by atoms with Gasteiger partial charge in [-0.2, -0.15) is 0 Å². The Kier molecular flexibility index (Phi) is 11.1. The third-order valence-electron chi connectivity index (χ3n) is 4.12. The first kappa shape index (κ1) is 27.1. The van der Waals surface area contributed by atoms with Crippen LogP contribution in [0.5, 0.6) is 0 Å². The number of allylic oxidation sites excluding steroid dienone is 4. The van der Waals surface area contributed by atoms with E-state index in [9.17, 15) is 14.0 Å². The van der Waals surface area contributed by atoms with Crippen LogP contribution < -0.4 is 10.6 Å². The molecule has 0 saturated carbocycles. The lowest BCUT2D eigenvalue weighted by Gasteiger charge is -2.15. The number of benzene rings is 1. The largest absolute Gasteiger partial charge is 0.504 e. The summed E-state index contributed by atoms with van der Waals surface area (Å²) in [6.45, 7) is 7.24. The third kappa shape index (κ3) is 7.93. The average molecular weight is 473 g/mol. The van der Waals surface area contributed by atoms with Gasteiger partial charge in [0, 0.05) is 30.9 Å². The predicted octanol–water partition coefficient (Wildman–Crippen LogP) is 3.98. The molecule has 0 radical (unpaired) electrons. The number of halogens is 2. The van der Waals surface area contributed by atoms with E-state index < -0.39 is 17.6 Å². The van der Waals surface area contributed by atoms with Gasteiger partial charge in [-0.15, -0.1) is 0 Å². The lowest BCUT2D eigenvalue weighted by Crippen LogP contribution is -2.29. The molecule has 0 unspecified atom stereocenters. The molecule has 0 spiro atoms. The van der Waals surface area contributed by atoms with Gasteiger partial charge in [-0.05, 0) is 42.5 Å². The Morgan fingerprint density at radius 3 is 2.42 bits per heavy atom. The topological polar surface area (TPSA) is 94.5 Å². The van der Waals surface area contributed by atoms with Crippen LogP contribution in [0.2, 0.25) is 0 Å². The Labute approximate surface area is 197 Å². The van der Waals surface area contributed by atoms with Gasteiger partial charge >= 0.3 is 0 Å². The van der Waals surface area contributed by atoms with E-state index in [0.29, 0.717) is 11.3 Å². The third-order valence-corrected chi connectivity index (χ3v) is 4.26. The molecule has 9 heteroatoms. The summed E-state index contributed by atoms with van der Waals surface area (Å²) < 4.78 is 19.5. The second kappa shape index (κ2) is 13.5. The molecular formula is C24H26ClFN4O3. The highest BCUT2D eigenvalue weighted by Crippen LogP contribution is 2.14. The quantitative estimate of drug-likeness (QED) is 0.158. The molecule has 2 amide bonds. The van der Waals surface area contributed by atoms with Crippen LogP contribution in [0.15, 0.2) is 90.5 Å². The predicted molar refractivity (Wildman–Crippen MR) is 129 cm³/mol. The number of nitrogens with one attached hydrogen (secondary N) is 3. The van der Waals surface area contributed by atoms with Crippen LogP contribution in [0, 0.1) is 11.2 Å². The van der Waals surface area contributed by atoms with Crippen molar-refractivity contribution in [3.05, 3.63) is 107 Å². The molecule has 174 valence electrons. The zero-order valence-corrected chi connectivity index (χ0v) is 19.4. The number of nitrogens with zero attached hydrogens (tertiary/aromatic N) is 1. The van der Waals surface area contributed by atoms with Gasteiger partial charge in [-0.25, -0.2) is 4.39 Å². The second-order valence-corrected chi connectivity index (χ2v) is 6.81. The summed E-state index contributed by atoms with van der Waals surface area (Å²) in [5.74, 6) is -2.14. The molecule has 33 heavy (non-hydrogen) atoms. The molecule has 1 aromatic rings. The Morgan fingerprint density at radius 1 is 1.21 bits per heavy atom. The van der Waals surface area contributed by atoms with E-state index in [1.807, 2.05) is 0 Å². The summed E-state index contributed by atoms with van der Waals surface area (Å²) in [5, 5.41) is 13.0. The highest BCUT2D eigenvalue weighted by Gasteiger charge is 2.18. The fraction of sp³-hybridized carbons (Fsp3) is 0.125.